The first-order chi connectivity index (χ1) is 24.6. The van der Waals surface area contributed by atoms with Crippen LogP contribution in [0.3, 0.4) is 0 Å². The SMILES string of the molecule is CC(C)(C)c1ccc(-n2c(-c3cc(C(C)(C)C)cc(C(C)(C)C)c3O)nc3c(-c4cccc(-c5ccccn5)c4)cccc32)c(-c2ccccc2)c1. The van der Waals surface area contributed by atoms with Crippen LogP contribution in [0.2, 0.25) is 0 Å². The maximum absolute atomic E-state index is 12.3. The molecule has 2 heterocycles. The Morgan fingerprint density at radius 2 is 1.17 bits per heavy atom. The molecule has 0 amide bonds. The molecule has 0 aliphatic rings. The topological polar surface area (TPSA) is 50.9 Å². The number of aromatic hydroxyl groups is 1. The van der Waals surface area contributed by atoms with Crippen LogP contribution in [0.5, 0.6) is 5.75 Å². The van der Waals surface area contributed by atoms with Gasteiger partial charge in [-0.1, -0.05) is 141 Å². The normalized spacial score (nSPS) is 12.4. The zero-order chi connectivity index (χ0) is 37.0. The van der Waals surface area contributed by atoms with Crippen molar-refractivity contribution in [2.24, 2.45) is 0 Å². The predicted octanol–water partition coefficient (Wildman–Crippen LogP) is 12.7. The summed E-state index contributed by atoms with van der Waals surface area (Å²) >= 11 is 0. The summed E-state index contributed by atoms with van der Waals surface area (Å²) in [4.78, 5) is 10.2. The van der Waals surface area contributed by atoms with Gasteiger partial charge in [0.2, 0.25) is 0 Å². The van der Waals surface area contributed by atoms with E-state index in [1.165, 1.54) is 5.56 Å². The van der Waals surface area contributed by atoms with Gasteiger partial charge in [0.05, 0.1) is 28.0 Å². The summed E-state index contributed by atoms with van der Waals surface area (Å²) in [6.45, 7) is 19.9. The molecule has 4 heteroatoms. The van der Waals surface area contributed by atoms with Gasteiger partial charge >= 0.3 is 0 Å². The molecule has 0 aliphatic heterocycles. The molecule has 5 aromatic carbocycles. The van der Waals surface area contributed by atoms with Gasteiger partial charge in [0.25, 0.3) is 0 Å². The second kappa shape index (κ2) is 12.9. The molecule has 1 N–H and O–H groups in total. The molecule has 0 unspecified atom stereocenters. The fourth-order valence-electron chi connectivity index (χ4n) is 6.99. The molecular weight excluding hydrogens is 635 g/mol. The number of phenols is 1. The van der Waals surface area contributed by atoms with Gasteiger partial charge in [-0.2, -0.15) is 0 Å². The molecule has 0 saturated heterocycles. The first-order valence-corrected chi connectivity index (χ1v) is 18.2. The van der Waals surface area contributed by atoms with Crippen molar-refractivity contribution in [1.29, 1.82) is 0 Å². The number of para-hydroxylation sites is 1. The molecule has 0 saturated carbocycles. The van der Waals surface area contributed by atoms with E-state index >= 15 is 0 Å². The van der Waals surface area contributed by atoms with Crippen molar-refractivity contribution in [3.8, 4) is 56.3 Å². The van der Waals surface area contributed by atoms with Crippen LogP contribution in [-0.4, -0.2) is 19.6 Å². The number of hydrogen-bond acceptors (Lipinski definition) is 3. The lowest BCUT2D eigenvalue weighted by Gasteiger charge is -2.28. The fourth-order valence-corrected chi connectivity index (χ4v) is 6.99. The van der Waals surface area contributed by atoms with Crippen LogP contribution < -0.4 is 0 Å². The average molecular weight is 684 g/mol. The molecule has 7 rings (SSSR count). The number of fused-ring (bicyclic) bond motifs is 1. The lowest BCUT2D eigenvalue weighted by molar-refractivity contribution is 0.446. The fraction of sp³-hybridized carbons (Fsp3) is 0.250. The Hall–Kier alpha value is -5.48. The van der Waals surface area contributed by atoms with Gasteiger partial charge in [0, 0.05) is 28.5 Å². The largest absolute Gasteiger partial charge is 0.507 e. The number of pyridine rings is 1. The Kier molecular flexibility index (Phi) is 8.69. The monoisotopic (exact) mass is 683 g/mol. The molecule has 0 atom stereocenters. The summed E-state index contributed by atoms with van der Waals surface area (Å²) in [6.07, 6.45) is 1.83. The van der Waals surface area contributed by atoms with Crippen molar-refractivity contribution in [1.82, 2.24) is 14.5 Å². The molecule has 2 aromatic heterocycles. The van der Waals surface area contributed by atoms with Gasteiger partial charge in [0.1, 0.15) is 11.6 Å². The van der Waals surface area contributed by atoms with Crippen LogP contribution in [0.25, 0.3) is 61.6 Å². The minimum Gasteiger partial charge on any atom is -0.507 e. The lowest BCUT2D eigenvalue weighted by atomic mass is 9.79. The molecule has 0 fully saturated rings. The molecule has 4 nitrogen and oxygen atoms in total. The summed E-state index contributed by atoms with van der Waals surface area (Å²) in [5, 5.41) is 12.3. The van der Waals surface area contributed by atoms with Crippen LogP contribution in [0.15, 0.2) is 128 Å². The number of hydrogen-bond donors (Lipinski definition) is 1. The highest BCUT2D eigenvalue weighted by Gasteiger charge is 2.29. The van der Waals surface area contributed by atoms with Crippen molar-refractivity contribution >= 4 is 11.0 Å². The first kappa shape index (κ1) is 34.9. The van der Waals surface area contributed by atoms with Crippen molar-refractivity contribution in [2.45, 2.75) is 78.6 Å². The predicted molar refractivity (Wildman–Crippen MR) is 218 cm³/mol. The number of aromatic nitrogens is 3. The Morgan fingerprint density at radius 3 is 1.85 bits per heavy atom. The lowest BCUT2D eigenvalue weighted by Crippen LogP contribution is -2.17. The van der Waals surface area contributed by atoms with E-state index in [1.54, 1.807) is 0 Å². The van der Waals surface area contributed by atoms with Gasteiger partial charge in [-0.15, -0.1) is 0 Å². The standard InChI is InChI=1S/C48H49N3O/c1-46(2,3)34-24-25-41(37(28-34)31-17-11-10-12-18-31)51-42-23-16-21-36(32-19-15-20-33(27-32)40-22-13-14-26-49-40)43(42)50-45(51)38-29-35(47(4,5)6)30-39(44(38)52)48(7,8)9/h10-30,52H,1-9H3. The van der Waals surface area contributed by atoms with Crippen LogP contribution in [0.1, 0.15) is 79.0 Å². The van der Waals surface area contributed by atoms with Gasteiger partial charge in [-0.05, 0) is 81.0 Å². The molecule has 0 aliphatic carbocycles. The second-order valence-corrected chi connectivity index (χ2v) is 17.0. The molecular formula is C48H49N3O. The Balaban J connectivity index is 1.60. The molecule has 7 aromatic rings. The quantitative estimate of drug-likeness (QED) is 0.196. The number of benzene rings is 5. The van der Waals surface area contributed by atoms with Crippen LogP contribution in [0, 0.1) is 0 Å². The van der Waals surface area contributed by atoms with Gasteiger partial charge in [-0.25, -0.2) is 4.98 Å². The van der Waals surface area contributed by atoms with E-state index in [2.05, 4.69) is 175 Å². The van der Waals surface area contributed by atoms with Crippen molar-refractivity contribution in [3.05, 3.63) is 144 Å². The minimum atomic E-state index is -0.294. The second-order valence-electron chi connectivity index (χ2n) is 17.0. The Bertz CT molecular complexity index is 2400. The number of nitrogens with zero attached hydrogens (tertiary/aromatic N) is 3. The number of phenolic OH excluding ortho intramolecular Hbond substituents is 1. The van der Waals surface area contributed by atoms with Gasteiger partial charge in [0.15, 0.2) is 0 Å². The minimum absolute atomic E-state index is 0.0470. The van der Waals surface area contributed by atoms with Crippen LogP contribution in [-0.2, 0) is 16.2 Å². The van der Waals surface area contributed by atoms with Gasteiger partial charge < -0.3 is 5.11 Å². The highest BCUT2D eigenvalue weighted by atomic mass is 16.3. The average Bonchev–Trinajstić information content (AvgIpc) is 3.50. The van der Waals surface area contributed by atoms with Crippen molar-refractivity contribution in [3.63, 3.8) is 0 Å². The molecule has 0 bridgehead atoms. The van der Waals surface area contributed by atoms with E-state index in [1.807, 2.05) is 24.4 Å². The van der Waals surface area contributed by atoms with E-state index in [0.717, 1.165) is 66.9 Å². The summed E-state index contributed by atoms with van der Waals surface area (Å²) in [5.41, 5.74) is 12.7. The van der Waals surface area contributed by atoms with Crippen LogP contribution in [0.4, 0.5) is 0 Å². The summed E-state index contributed by atoms with van der Waals surface area (Å²) in [6, 6.07) is 42.6. The summed E-state index contributed by atoms with van der Waals surface area (Å²) < 4.78 is 2.27. The maximum Gasteiger partial charge on any atom is 0.149 e. The Morgan fingerprint density at radius 1 is 0.519 bits per heavy atom. The van der Waals surface area contributed by atoms with E-state index in [9.17, 15) is 5.11 Å². The van der Waals surface area contributed by atoms with Crippen LogP contribution >= 0.6 is 0 Å². The highest BCUT2D eigenvalue weighted by molar-refractivity contribution is 5.97. The smallest absolute Gasteiger partial charge is 0.149 e. The zero-order valence-electron chi connectivity index (χ0n) is 31.9. The first-order valence-electron chi connectivity index (χ1n) is 18.2. The summed E-state index contributed by atoms with van der Waals surface area (Å²) in [5.74, 6) is 0.974. The third-order valence-corrected chi connectivity index (χ3v) is 10.0. The number of rotatable bonds is 5. The van der Waals surface area contributed by atoms with E-state index in [4.69, 9.17) is 4.98 Å². The Labute approximate surface area is 308 Å². The van der Waals surface area contributed by atoms with Crippen molar-refractivity contribution < 1.29 is 5.11 Å². The van der Waals surface area contributed by atoms with E-state index in [-0.39, 0.29) is 22.0 Å². The third kappa shape index (κ3) is 6.54. The summed E-state index contributed by atoms with van der Waals surface area (Å²) in [7, 11) is 0. The molecule has 0 radical (unpaired) electrons. The highest BCUT2D eigenvalue weighted by Crippen LogP contribution is 2.45. The number of imidazole rings is 1. The molecule has 0 spiro atoms. The van der Waals surface area contributed by atoms with Gasteiger partial charge in [-0.3, -0.25) is 9.55 Å². The third-order valence-electron chi connectivity index (χ3n) is 10.0. The van der Waals surface area contributed by atoms with E-state index < -0.39 is 0 Å². The molecule has 262 valence electrons. The van der Waals surface area contributed by atoms with E-state index in [0.29, 0.717) is 5.82 Å². The zero-order valence-corrected chi connectivity index (χ0v) is 31.9. The maximum atomic E-state index is 12.3. The van der Waals surface area contributed by atoms with Crippen molar-refractivity contribution in [2.75, 3.05) is 0 Å². The molecule has 52 heavy (non-hydrogen) atoms.